The van der Waals surface area contributed by atoms with Crippen LogP contribution in [0.15, 0.2) is 24.3 Å². The third-order valence-electron chi connectivity index (χ3n) is 5.14. The molecule has 6 nitrogen and oxygen atoms in total. The van der Waals surface area contributed by atoms with Crippen molar-refractivity contribution in [1.82, 2.24) is 15.1 Å². The highest BCUT2D eigenvalue weighted by Crippen LogP contribution is 2.39. The molecule has 0 aromatic heterocycles. The highest BCUT2D eigenvalue weighted by molar-refractivity contribution is 6.30. The molecular formula is C19H23ClN4O2. The molecule has 1 aromatic carbocycles. The van der Waals surface area contributed by atoms with Crippen LogP contribution in [-0.4, -0.2) is 59.9 Å². The highest BCUT2D eigenvalue weighted by Gasteiger charge is 2.43. The fraction of sp³-hybridized carbons (Fsp3) is 0.526. The lowest BCUT2D eigenvalue weighted by Gasteiger charge is -2.35. The predicted molar refractivity (Wildman–Crippen MR) is 98.7 cm³/mol. The summed E-state index contributed by atoms with van der Waals surface area (Å²) in [5.41, 5.74) is -0.140. The smallest absolute Gasteiger partial charge is 0.253 e. The third-order valence-corrected chi connectivity index (χ3v) is 5.40. The molecule has 0 spiro atoms. The maximum atomic E-state index is 12.5. The molecule has 0 radical (unpaired) electrons. The average molecular weight is 375 g/mol. The Hall–Kier alpha value is -2.10. The van der Waals surface area contributed by atoms with E-state index in [9.17, 15) is 14.9 Å². The van der Waals surface area contributed by atoms with E-state index in [4.69, 9.17) is 11.6 Å². The van der Waals surface area contributed by atoms with Crippen LogP contribution in [0, 0.1) is 17.2 Å². The van der Waals surface area contributed by atoms with Crippen LogP contribution in [0.25, 0.3) is 0 Å². The second-order valence-electron chi connectivity index (χ2n) is 7.21. The quantitative estimate of drug-likeness (QED) is 0.854. The van der Waals surface area contributed by atoms with E-state index in [0.29, 0.717) is 36.8 Å². The molecule has 1 aliphatic heterocycles. The molecule has 26 heavy (non-hydrogen) atoms. The Morgan fingerprint density at radius 2 is 1.85 bits per heavy atom. The Labute approximate surface area is 158 Å². The zero-order valence-electron chi connectivity index (χ0n) is 14.9. The van der Waals surface area contributed by atoms with E-state index in [-0.39, 0.29) is 24.3 Å². The Kier molecular flexibility index (Phi) is 5.49. The number of hydrogen-bond acceptors (Lipinski definition) is 4. The number of piperazine rings is 1. The summed E-state index contributed by atoms with van der Waals surface area (Å²) in [4.78, 5) is 28.6. The normalized spacial score (nSPS) is 20.1. The summed E-state index contributed by atoms with van der Waals surface area (Å²) in [6.07, 6.45) is 1.99. The number of halogens is 1. The number of carbonyl (C=O) groups excluding carboxylic acids is 2. The molecule has 3 rings (SSSR count). The molecule has 1 unspecified atom stereocenters. The largest absolute Gasteiger partial charge is 0.337 e. The molecule has 2 aliphatic rings. The van der Waals surface area contributed by atoms with Crippen molar-refractivity contribution < 1.29 is 9.59 Å². The first-order chi connectivity index (χ1) is 12.4. The van der Waals surface area contributed by atoms with Crippen molar-refractivity contribution in [2.45, 2.75) is 25.3 Å². The van der Waals surface area contributed by atoms with E-state index >= 15 is 0 Å². The molecule has 1 aromatic rings. The van der Waals surface area contributed by atoms with E-state index in [1.54, 1.807) is 36.1 Å². The van der Waals surface area contributed by atoms with E-state index in [0.717, 1.165) is 12.8 Å². The zero-order chi connectivity index (χ0) is 18.7. The number of nitriles is 1. The summed E-state index contributed by atoms with van der Waals surface area (Å²) in [6, 6.07) is 9.11. The van der Waals surface area contributed by atoms with Crippen molar-refractivity contribution in [3.8, 4) is 6.07 Å². The highest BCUT2D eigenvalue weighted by atomic mass is 35.5. The number of nitrogens with zero attached hydrogens (tertiary/aromatic N) is 3. The number of benzene rings is 1. The van der Waals surface area contributed by atoms with Crippen molar-refractivity contribution >= 4 is 23.4 Å². The maximum Gasteiger partial charge on any atom is 0.253 e. The van der Waals surface area contributed by atoms with Crippen LogP contribution in [0.4, 0.5) is 0 Å². The Bertz CT molecular complexity index is 718. The Morgan fingerprint density at radius 3 is 2.38 bits per heavy atom. The Morgan fingerprint density at radius 1 is 1.23 bits per heavy atom. The predicted octanol–water partition coefficient (Wildman–Crippen LogP) is 1.91. The van der Waals surface area contributed by atoms with E-state index in [1.165, 1.54) is 0 Å². The number of rotatable bonds is 5. The fourth-order valence-corrected chi connectivity index (χ4v) is 3.42. The molecule has 7 heteroatoms. The molecule has 1 heterocycles. The van der Waals surface area contributed by atoms with Gasteiger partial charge in [0, 0.05) is 36.8 Å². The van der Waals surface area contributed by atoms with Crippen LogP contribution in [0.3, 0.4) is 0 Å². The van der Waals surface area contributed by atoms with Crippen molar-refractivity contribution in [2.24, 2.45) is 5.92 Å². The lowest BCUT2D eigenvalue weighted by Crippen LogP contribution is -2.54. The van der Waals surface area contributed by atoms with Crippen LogP contribution in [-0.2, 0) is 4.79 Å². The summed E-state index contributed by atoms with van der Waals surface area (Å²) in [6.45, 7) is 4.48. The third kappa shape index (κ3) is 4.35. The molecule has 0 bridgehead atoms. The summed E-state index contributed by atoms with van der Waals surface area (Å²) in [7, 11) is 0. The van der Waals surface area contributed by atoms with Gasteiger partial charge in [0.1, 0.15) is 5.54 Å². The van der Waals surface area contributed by atoms with Crippen LogP contribution in [0.5, 0.6) is 0 Å². The minimum absolute atomic E-state index is 0.0171. The summed E-state index contributed by atoms with van der Waals surface area (Å²) >= 11 is 5.86. The van der Waals surface area contributed by atoms with Gasteiger partial charge in [0.25, 0.3) is 5.91 Å². The van der Waals surface area contributed by atoms with Crippen molar-refractivity contribution in [3.05, 3.63) is 34.9 Å². The fourth-order valence-electron chi connectivity index (χ4n) is 3.30. The molecule has 2 fully saturated rings. The summed E-state index contributed by atoms with van der Waals surface area (Å²) in [5.74, 6) is 0.125. The van der Waals surface area contributed by atoms with E-state index < -0.39 is 5.54 Å². The van der Waals surface area contributed by atoms with Gasteiger partial charge in [0.05, 0.1) is 12.6 Å². The van der Waals surface area contributed by atoms with Crippen LogP contribution in [0.2, 0.25) is 5.02 Å². The zero-order valence-corrected chi connectivity index (χ0v) is 15.6. The van der Waals surface area contributed by atoms with Gasteiger partial charge in [-0.2, -0.15) is 5.26 Å². The molecule has 1 saturated heterocycles. The Balaban J connectivity index is 1.47. The van der Waals surface area contributed by atoms with Crippen molar-refractivity contribution in [2.75, 3.05) is 32.7 Å². The topological polar surface area (TPSA) is 76.4 Å². The molecule has 1 N–H and O–H groups in total. The second-order valence-corrected chi connectivity index (χ2v) is 7.65. The van der Waals surface area contributed by atoms with Gasteiger partial charge >= 0.3 is 0 Å². The number of nitrogens with one attached hydrogen (secondary N) is 1. The van der Waals surface area contributed by atoms with Crippen LogP contribution < -0.4 is 5.32 Å². The van der Waals surface area contributed by atoms with Gasteiger partial charge in [-0.25, -0.2) is 0 Å². The SMILES string of the molecule is CC(C#N)(NC(=O)CN1CCN(C(=O)c2ccc(Cl)cc2)CC1)C1CC1. The van der Waals surface area contributed by atoms with E-state index in [2.05, 4.69) is 11.4 Å². The van der Waals surface area contributed by atoms with Gasteiger partial charge in [0.2, 0.25) is 5.91 Å². The molecule has 138 valence electrons. The van der Waals surface area contributed by atoms with E-state index in [1.807, 2.05) is 4.90 Å². The van der Waals surface area contributed by atoms with Gasteiger partial charge < -0.3 is 10.2 Å². The minimum Gasteiger partial charge on any atom is -0.337 e. The number of amides is 2. The minimum atomic E-state index is -0.760. The summed E-state index contributed by atoms with van der Waals surface area (Å²) in [5, 5.41) is 12.8. The summed E-state index contributed by atoms with van der Waals surface area (Å²) < 4.78 is 0. The van der Waals surface area contributed by atoms with Gasteiger partial charge in [0.15, 0.2) is 0 Å². The standard InChI is InChI=1S/C19H23ClN4O2/c1-19(13-21,15-4-5-15)22-17(25)12-23-8-10-24(11-9-23)18(26)14-2-6-16(20)7-3-14/h2-3,6-7,15H,4-5,8-12H2,1H3,(H,22,25). The average Bonchev–Trinajstić information content (AvgIpc) is 3.48. The van der Waals surface area contributed by atoms with Gasteiger partial charge in [-0.3, -0.25) is 14.5 Å². The first-order valence-electron chi connectivity index (χ1n) is 8.91. The number of hydrogen-bond donors (Lipinski definition) is 1. The van der Waals surface area contributed by atoms with Gasteiger partial charge in [-0.05, 0) is 49.9 Å². The molecule has 2 amide bonds. The monoisotopic (exact) mass is 374 g/mol. The van der Waals surface area contributed by atoms with Gasteiger partial charge in [-0.1, -0.05) is 11.6 Å². The molecule has 1 atom stereocenters. The van der Waals surface area contributed by atoms with Crippen LogP contribution >= 0.6 is 11.6 Å². The maximum absolute atomic E-state index is 12.5. The lowest BCUT2D eigenvalue weighted by atomic mass is 9.98. The van der Waals surface area contributed by atoms with Crippen molar-refractivity contribution in [3.63, 3.8) is 0 Å². The molecule has 1 aliphatic carbocycles. The molecule has 1 saturated carbocycles. The number of carbonyl (C=O) groups is 2. The van der Waals surface area contributed by atoms with Crippen LogP contribution in [0.1, 0.15) is 30.1 Å². The molecular weight excluding hydrogens is 352 g/mol. The van der Waals surface area contributed by atoms with Crippen molar-refractivity contribution in [1.29, 1.82) is 5.26 Å². The second kappa shape index (κ2) is 7.65. The lowest BCUT2D eigenvalue weighted by molar-refractivity contribution is -0.124. The first kappa shape index (κ1) is 18.7. The first-order valence-corrected chi connectivity index (χ1v) is 9.28. The van der Waals surface area contributed by atoms with Gasteiger partial charge in [-0.15, -0.1) is 0 Å².